The minimum absolute atomic E-state index is 0.00247. The van der Waals surface area contributed by atoms with E-state index in [-0.39, 0.29) is 29.8 Å². The first kappa shape index (κ1) is 22.2. The van der Waals surface area contributed by atoms with Gasteiger partial charge in [0, 0.05) is 25.4 Å². The van der Waals surface area contributed by atoms with E-state index in [2.05, 4.69) is 15.5 Å². The van der Waals surface area contributed by atoms with Crippen molar-refractivity contribution in [3.05, 3.63) is 32.3 Å². The summed E-state index contributed by atoms with van der Waals surface area (Å²) in [4.78, 5) is 12.1. The van der Waals surface area contributed by atoms with Crippen molar-refractivity contribution in [3.63, 3.8) is 0 Å². The van der Waals surface area contributed by atoms with E-state index in [9.17, 15) is 18.0 Å². The summed E-state index contributed by atoms with van der Waals surface area (Å²) in [5, 5.41) is 10.9. The van der Waals surface area contributed by atoms with Crippen molar-refractivity contribution >= 4 is 40.7 Å². The SMILES string of the molecule is Cc1nn(CCCNC(=O)CCn2nc(C(F)(F)F)c(Cl)c2C2CC2)c(Cl)c1Cl. The molecule has 160 valence electrons. The van der Waals surface area contributed by atoms with E-state index in [1.54, 1.807) is 11.6 Å². The molecule has 6 nitrogen and oxygen atoms in total. The number of halogens is 6. The van der Waals surface area contributed by atoms with Crippen molar-refractivity contribution in [1.29, 1.82) is 0 Å². The summed E-state index contributed by atoms with van der Waals surface area (Å²) in [6, 6.07) is 0. The van der Waals surface area contributed by atoms with Crippen LogP contribution in [0.5, 0.6) is 0 Å². The molecule has 1 amide bonds. The Hall–Kier alpha value is -1.45. The van der Waals surface area contributed by atoms with Crippen LogP contribution in [0.2, 0.25) is 15.2 Å². The quantitative estimate of drug-likeness (QED) is 0.559. The number of nitrogens with zero attached hydrogens (tertiary/aromatic N) is 4. The Kier molecular flexibility index (Phi) is 6.70. The number of aryl methyl sites for hydroxylation is 3. The number of amides is 1. The number of aromatic nitrogens is 4. The third-order valence-corrected chi connectivity index (χ3v) is 5.89. The van der Waals surface area contributed by atoms with E-state index in [0.29, 0.717) is 41.1 Å². The lowest BCUT2D eigenvalue weighted by Gasteiger charge is -2.08. The molecular weight excluding hydrogens is 454 g/mol. The van der Waals surface area contributed by atoms with E-state index in [1.807, 2.05) is 0 Å². The molecule has 29 heavy (non-hydrogen) atoms. The molecule has 0 aromatic carbocycles. The average molecular weight is 473 g/mol. The van der Waals surface area contributed by atoms with Gasteiger partial charge >= 0.3 is 6.18 Å². The Morgan fingerprint density at radius 1 is 1.14 bits per heavy atom. The Labute approximate surface area is 180 Å². The van der Waals surface area contributed by atoms with E-state index in [4.69, 9.17) is 34.8 Å². The van der Waals surface area contributed by atoms with Crippen molar-refractivity contribution < 1.29 is 18.0 Å². The summed E-state index contributed by atoms with van der Waals surface area (Å²) >= 11 is 17.9. The Morgan fingerprint density at radius 2 is 1.83 bits per heavy atom. The highest BCUT2D eigenvalue weighted by Crippen LogP contribution is 2.46. The normalized spacial score (nSPS) is 14.4. The highest BCUT2D eigenvalue weighted by atomic mass is 35.5. The molecule has 0 aliphatic heterocycles. The smallest absolute Gasteiger partial charge is 0.356 e. The van der Waals surface area contributed by atoms with Crippen LogP contribution in [0.1, 0.15) is 48.7 Å². The molecule has 0 spiro atoms. The zero-order valence-corrected chi connectivity index (χ0v) is 17.8. The van der Waals surface area contributed by atoms with Gasteiger partial charge in [-0.1, -0.05) is 34.8 Å². The fourth-order valence-corrected chi connectivity index (χ4v) is 3.77. The predicted molar refractivity (Wildman–Crippen MR) is 103 cm³/mol. The standard InChI is InChI=1S/C17H19Cl3F3N5O/c1-9-12(18)16(20)28(25-9)7-2-6-24-11(29)5-8-27-14(10-3-4-10)13(19)15(26-27)17(21,22)23/h10H,2-8H2,1H3,(H,24,29). The van der Waals surface area contributed by atoms with Gasteiger partial charge in [-0.15, -0.1) is 0 Å². The third-order valence-electron chi connectivity index (χ3n) is 4.58. The molecule has 1 aliphatic rings. The molecule has 3 rings (SSSR count). The van der Waals surface area contributed by atoms with Crippen molar-refractivity contribution in [1.82, 2.24) is 24.9 Å². The first-order valence-corrected chi connectivity index (χ1v) is 10.2. The molecule has 0 radical (unpaired) electrons. The fourth-order valence-electron chi connectivity index (χ4n) is 2.98. The topological polar surface area (TPSA) is 64.7 Å². The maximum atomic E-state index is 13.1. The molecule has 2 aromatic rings. The lowest BCUT2D eigenvalue weighted by Crippen LogP contribution is -2.26. The van der Waals surface area contributed by atoms with Crippen molar-refractivity contribution in [2.45, 2.75) is 57.8 Å². The largest absolute Gasteiger partial charge is 0.436 e. The molecule has 1 fully saturated rings. The monoisotopic (exact) mass is 471 g/mol. The Balaban J connectivity index is 1.50. The van der Waals surface area contributed by atoms with Crippen LogP contribution in [0, 0.1) is 6.92 Å². The molecule has 2 aromatic heterocycles. The number of alkyl halides is 3. The fraction of sp³-hybridized carbons (Fsp3) is 0.588. The van der Waals surface area contributed by atoms with Crippen molar-refractivity contribution in [2.75, 3.05) is 6.54 Å². The van der Waals surface area contributed by atoms with Gasteiger partial charge in [0.15, 0.2) is 5.69 Å². The summed E-state index contributed by atoms with van der Waals surface area (Å²) in [6.07, 6.45) is -2.50. The lowest BCUT2D eigenvalue weighted by molar-refractivity contribution is -0.141. The van der Waals surface area contributed by atoms with Crippen LogP contribution in [0.25, 0.3) is 0 Å². The van der Waals surface area contributed by atoms with Gasteiger partial charge in [-0.3, -0.25) is 14.2 Å². The predicted octanol–water partition coefficient (Wildman–Crippen LogP) is 4.84. The molecule has 12 heteroatoms. The Bertz CT molecular complexity index is 905. The van der Waals surface area contributed by atoms with Gasteiger partial charge in [0.1, 0.15) is 10.2 Å². The van der Waals surface area contributed by atoms with Crippen LogP contribution in [0.4, 0.5) is 13.2 Å². The van der Waals surface area contributed by atoms with Crippen LogP contribution in [0.3, 0.4) is 0 Å². The van der Waals surface area contributed by atoms with E-state index in [1.165, 1.54) is 4.68 Å². The van der Waals surface area contributed by atoms with Gasteiger partial charge < -0.3 is 5.32 Å². The summed E-state index contributed by atoms with van der Waals surface area (Å²) in [6.45, 7) is 2.62. The summed E-state index contributed by atoms with van der Waals surface area (Å²) in [5.41, 5.74) is -0.0952. The molecule has 2 heterocycles. The van der Waals surface area contributed by atoms with Crippen LogP contribution in [0.15, 0.2) is 0 Å². The van der Waals surface area contributed by atoms with Crippen molar-refractivity contribution in [2.24, 2.45) is 0 Å². The molecular formula is C17H19Cl3F3N5O. The second kappa shape index (κ2) is 8.73. The van der Waals surface area contributed by atoms with Crippen LogP contribution >= 0.6 is 34.8 Å². The lowest BCUT2D eigenvalue weighted by atomic mass is 10.2. The van der Waals surface area contributed by atoms with Crippen LogP contribution in [-0.4, -0.2) is 32.0 Å². The average Bonchev–Trinajstić information content (AvgIpc) is 3.37. The number of nitrogens with one attached hydrogen (secondary N) is 1. The van der Waals surface area contributed by atoms with Gasteiger partial charge in [0.2, 0.25) is 5.91 Å². The third kappa shape index (κ3) is 5.19. The maximum absolute atomic E-state index is 13.1. The first-order chi connectivity index (χ1) is 13.6. The van der Waals surface area contributed by atoms with Crippen LogP contribution < -0.4 is 5.32 Å². The number of hydrogen-bond acceptors (Lipinski definition) is 3. The highest BCUT2D eigenvalue weighted by molar-refractivity contribution is 6.41. The maximum Gasteiger partial charge on any atom is 0.436 e. The molecule has 0 saturated heterocycles. The molecule has 1 saturated carbocycles. The Morgan fingerprint density at radius 3 is 2.38 bits per heavy atom. The second-order valence-corrected chi connectivity index (χ2v) is 8.02. The first-order valence-electron chi connectivity index (χ1n) is 9.08. The summed E-state index contributed by atoms with van der Waals surface area (Å²) in [5.74, 6) is -0.309. The zero-order valence-electron chi connectivity index (χ0n) is 15.5. The van der Waals surface area contributed by atoms with Crippen molar-refractivity contribution in [3.8, 4) is 0 Å². The zero-order chi connectivity index (χ0) is 21.3. The minimum atomic E-state index is -4.62. The van der Waals surface area contributed by atoms with E-state index in [0.717, 1.165) is 12.8 Å². The molecule has 0 atom stereocenters. The highest BCUT2D eigenvalue weighted by Gasteiger charge is 2.42. The molecule has 1 aliphatic carbocycles. The number of hydrogen-bond donors (Lipinski definition) is 1. The van der Waals surface area contributed by atoms with Crippen LogP contribution in [-0.2, 0) is 24.1 Å². The summed E-state index contributed by atoms with van der Waals surface area (Å²) in [7, 11) is 0. The van der Waals surface area contributed by atoms with Gasteiger partial charge in [-0.2, -0.15) is 23.4 Å². The van der Waals surface area contributed by atoms with Gasteiger partial charge in [-0.05, 0) is 26.2 Å². The minimum Gasteiger partial charge on any atom is -0.356 e. The van der Waals surface area contributed by atoms with Gasteiger partial charge in [-0.25, -0.2) is 0 Å². The van der Waals surface area contributed by atoms with Gasteiger partial charge in [0.25, 0.3) is 0 Å². The van der Waals surface area contributed by atoms with E-state index < -0.39 is 11.9 Å². The number of carbonyl (C=O) groups excluding carboxylic acids is 1. The van der Waals surface area contributed by atoms with Gasteiger partial charge in [0.05, 0.1) is 23.0 Å². The van der Waals surface area contributed by atoms with E-state index >= 15 is 0 Å². The molecule has 1 N–H and O–H groups in total. The summed E-state index contributed by atoms with van der Waals surface area (Å²) < 4.78 is 42.0. The second-order valence-electron chi connectivity index (χ2n) is 6.91. The number of rotatable bonds is 8. The molecule has 0 bridgehead atoms. The number of carbonyl (C=O) groups is 1. The molecule has 0 unspecified atom stereocenters.